The maximum atomic E-state index is 11.9. The lowest BCUT2D eigenvalue weighted by molar-refractivity contribution is 0.101. The summed E-state index contributed by atoms with van der Waals surface area (Å²) in [6, 6.07) is 1.60. The van der Waals surface area contributed by atoms with Gasteiger partial charge in [0.1, 0.15) is 6.61 Å². The number of hydrogen-bond donors (Lipinski definition) is 2. The van der Waals surface area contributed by atoms with Gasteiger partial charge in [0.05, 0.1) is 6.04 Å². The molecule has 21 heavy (non-hydrogen) atoms. The number of anilines is 1. The highest BCUT2D eigenvalue weighted by molar-refractivity contribution is 6.01. The van der Waals surface area contributed by atoms with Gasteiger partial charge in [0, 0.05) is 13.2 Å². The maximum Gasteiger partial charge on any atom is 0.322 e. The van der Waals surface area contributed by atoms with Crippen LogP contribution in [0.15, 0.2) is 15.0 Å². The predicted octanol–water partition coefficient (Wildman–Crippen LogP) is 0.881. The van der Waals surface area contributed by atoms with E-state index in [1.165, 1.54) is 13.2 Å². The minimum Gasteiger partial charge on any atom is -0.406 e. The highest BCUT2D eigenvalue weighted by Crippen LogP contribution is 2.22. The fourth-order valence-corrected chi connectivity index (χ4v) is 2.11. The molecule has 2 N–H and O–H groups in total. The minimum atomic E-state index is -0.476. The lowest BCUT2D eigenvalue weighted by Crippen LogP contribution is -2.13. The average Bonchev–Trinajstić information content (AvgIpc) is 3.20. The van der Waals surface area contributed by atoms with E-state index in [0.717, 1.165) is 19.4 Å². The molecular weight excluding hydrogens is 278 g/mol. The second-order valence-electron chi connectivity index (χ2n) is 4.66. The van der Waals surface area contributed by atoms with E-state index in [1.807, 2.05) is 0 Å². The zero-order valence-corrected chi connectivity index (χ0v) is 11.5. The molecule has 9 nitrogen and oxygen atoms in total. The molecular formula is C12H15N5O4. The maximum absolute atomic E-state index is 11.9. The molecule has 0 aromatic carbocycles. The Morgan fingerprint density at radius 1 is 1.57 bits per heavy atom. The van der Waals surface area contributed by atoms with Crippen LogP contribution in [0.2, 0.25) is 0 Å². The molecule has 0 bridgehead atoms. The van der Waals surface area contributed by atoms with Crippen molar-refractivity contribution in [2.75, 3.05) is 19.0 Å². The Morgan fingerprint density at radius 2 is 2.48 bits per heavy atom. The molecule has 0 saturated carbocycles. The van der Waals surface area contributed by atoms with Crippen LogP contribution in [0.4, 0.5) is 6.01 Å². The largest absolute Gasteiger partial charge is 0.406 e. The van der Waals surface area contributed by atoms with Crippen molar-refractivity contribution >= 4 is 11.9 Å². The van der Waals surface area contributed by atoms with Crippen molar-refractivity contribution in [1.82, 2.24) is 20.7 Å². The Hall–Kier alpha value is -2.26. The highest BCUT2D eigenvalue weighted by Gasteiger charge is 2.23. The molecule has 1 amide bonds. The summed E-state index contributed by atoms with van der Waals surface area (Å²) in [6.45, 7) is 1.17. The first-order valence-corrected chi connectivity index (χ1v) is 6.59. The standard InChI is InChI=1S/C12H15N5O4/c1-19-6-7-5-9(17-21-7)10(18)14-12-16-15-11(20-12)8-3-2-4-13-8/h5,8,13H,2-4,6H2,1H3,(H,14,16,18). The monoisotopic (exact) mass is 293 g/mol. The summed E-state index contributed by atoms with van der Waals surface area (Å²) in [5.74, 6) is 0.461. The second kappa shape index (κ2) is 6.02. The van der Waals surface area contributed by atoms with E-state index in [-0.39, 0.29) is 24.4 Å². The van der Waals surface area contributed by atoms with Crippen molar-refractivity contribution < 1.29 is 18.5 Å². The van der Waals surface area contributed by atoms with E-state index in [4.69, 9.17) is 13.7 Å². The molecule has 2 aromatic heterocycles. The van der Waals surface area contributed by atoms with Crippen molar-refractivity contribution in [2.24, 2.45) is 0 Å². The molecule has 1 aliphatic rings. The summed E-state index contributed by atoms with van der Waals surface area (Å²) < 4.78 is 15.2. The van der Waals surface area contributed by atoms with Gasteiger partial charge in [-0.3, -0.25) is 10.1 Å². The number of carbonyl (C=O) groups is 1. The molecule has 0 radical (unpaired) electrons. The third-order valence-electron chi connectivity index (χ3n) is 3.10. The molecule has 1 atom stereocenters. The number of ether oxygens (including phenoxy) is 1. The smallest absolute Gasteiger partial charge is 0.322 e. The van der Waals surface area contributed by atoms with E-state index < -0.39 is 5.91 Å². The van der Waals surface area contributed by atoms with E-state index >= 15 is 0 Å². The number of rotatable bonds is 5. The van der Waals surface area contributed by atoms with E-state index in [0.29, 0.717) is 11.7 Å². The third kappa shape index (κ3) is 3.09. The normalized spacial score (nSPS) is 18.0. The first-order valence-electron chi connectivity index (χ1n) is 6.59. The van der Waals surface area contributed by atoms with Crippen LogP contribution in [0.1, 0.15) is 41.0 Å². The molecule has 1 unspecified atom stereocenters. The van der Waals surface area contributed by atoms with Gasteiger partial charge in [0.2, 0.25) is 5.89 Å². The molecule has 1 aliphatic heterocycles. The molecule has 1 saturated heterocycles. The summed E-state index contributed by atoms with van der Waals surface area (Å²) in [5, 5.41) is 17.1. The van der Waals surface area contributed by atoms with Crippen LogP contribution in [0.5, 0.6) is 0 Å². The van der Waals surface area contributed by atoms with Gasteiger partial charge in [0.15, 0.2) is 11.5 Å². The average molecular weight is 293 g/mol. The Morgan fingerprint density at radius 3 is 3.24 bits per heavy atom. The van der Waals surface area contributed by atoms with Crippen molar-refractivity contribution in [3.63, 3.8) is 0 Å². The van der Waals surface area contributed by atoms with Crippen LogP contribution in [0.3, 0.4) is 0 Å². The van der Waals surface area contributed by atoms with Crippen molar-refractivity contribution in [1.29, 1.82) is 0 Å². The number of methoxy groups -OCH3 is 1. The summed E-state index contributed by atoms with van der Waals surface area (Å²) in [7, 11) is 1.53. The molecule has 0 aliphatic carbocycles. The van der Waals surface area contributed by atoms with Gasteiger partial charge in [-0.2, -0.15) is 0 Å². The van der Waals surface area contributed by atoms with Gasteiger partial charge in [0.25, 0.3) is 5.91 Å². The van der Waals surface area contributed by atoms with Crippen LogP contribution in [0.25, 0.3) is 0 Å². The molecule has 1 fully saturated rings. The molecule has 112 valence electrons. The zero-order valence-electron chi connectivity index (χ0n) is 11.5. The lowest BCUT2D eigenvalue weighted by atomic mass is 10.2. The molecule has 3 rings (SSSR count). The fraction of sp³-hybridized carbons (Fsp3) is 0.500. The van der Waals surface area contributed by atoms with E-state index in [2.05, 4.69) is 26.0 Å². The topological polar surface area (TPSA) is 115 Å². The SMILES string of the molecule is COCc1cc(C(=O)Nc2nnc(C3CCCN3)o2)no1. The lowest BCUT2D eigenvalue weighted by Gasteiger charge is -2.02. The number of nitrogens with zero attached hydrogens (tertiary/aromatic N) is 3. The van der Waals surface area contributed by atoms with Crippen LogP contribution in [-0.2, 0) is 11.3 Å². The number of amides is 1. The quantitative estimate of drug-likeness (QED) is 0.834. The zero-order chi connectivity index (χ0) is 14.7. The Kier molecular flexibility index (Phi) is 3.93. The van der Waals surface area contributed by atoms with E-state index in [1.54, 1.807) is 0 Å². The van der Waals surface area contributed by atoms with Crippen molar-refractivity contribution in [3.05, 3.63) is 23.4 Å². The van der Waals surface area contributed by atoms with Crippen molar-refractivity contribution in [2.45, 2.75) is 25.5 Å². The summed E-state index contributed by atoms with van der Waals surface area (Å²) in [4.78, 5) is 11.9. The van der Waals surface area contributed by atoms with Crippen LogP contribution in [-0.4, -0.2) is 34.9 Å². The summed E-state index contributed by atoms with van der Waals surface area (Å²) >= 11 is 0. The Labute approximate surface area is 120 Å². The minimum absolute atomic E-state index is 0.0417. The Balaban J connectivity index is 1.63. The van der Waals surface area contributed by atoms with Gasteiger partial charge in [-0.1, -0.05) is 10.3 Å². The second-order valence-corrected chi connectivity index (χ2v) is 4.66. The van der Waals surface area contributed by atoms with Crippen LogP contribution < -0.4 is 10.6 Å². The molecule has 9 heteroatoms. The first-order chi connectivity index (χ1) is 10.3. The third-order valence-corrected chi connectivity index (χ3v) is 3.10. The summed E-state index contributed by atoms with van der Waals surface area (Å²) in [5.41, 5.74) is 0.126. The molecule has 2 aromatic rings. The number of hydrogen-bond acceptors (Lipinski definition) is 8. The van der Waals surface area contributed by atoms with Crippen molar-refractivity contribution in [3.8, 4) is 0 Å². The van der Waals surface area contributed by atoms with Gasteiger partial charge >= 0.3 is 6.01 Å². The van der Waals surface area contributed by atoms with Crippen LogP contribution >= 0.6 is 0 Å². The molecule has 3 heterocycles. The fourth-order valence-electron chi connectivity index (χ4n) is 2.11. The van der Waals surface area contributed by atoms with Gasteiger partial charge < -0.3 is 19.0 Å². The highest BCUT2D eigenvalue weighted by atomic mass is 16.5. The van der Waals surface area contributed by atoms with E-state index in [9.17, 15) is 4.79 Å². The van der Waals surface area contributed by atoms with Gasteiger partial charge in [-0.15, -0.1) is 5.10 Å². The number of aromatic nitrogens is 3. The van der Waals surface area contributed by atoms with Gasteiger partial charge in [-0.05, 0) is 19.4 Å². The molecule has 0 spiro atoms. The number of nitrogens with one attached hydrogen (secondary N) is 2. The predicted molar refractivity (Wildman–Crippen MR) is 69.4 cm³/mol. The first kappa shape index (κ1) is 13.7. The van der Waals surface area contributed by atoms with Gasteiger partial charge in [-0.25, -0.2) is 0 Å². The Bertz CT molecular complexity index is 617. The number of carbonyl (C=O) groups excluding carboxylic acids is 1. The van der Waals surface area contributed by atoms with Crippen LogP contribution in [0, 0.1) is 0 Å². The summed E-state index contributed by atoms with van der Waals surface area (Å²) in [6.07, 6.45) is 2.01.